The second-order valence-electron chi connectivity index (χ2n) is 15.5. The Hall–Kier alpha value is -2.96. The lowest BCUT2D eigenvalue weighted by Crippen LogP contribution is -2.68. The summed E-state index contributed by atoms with van der Waals surface area (Å²) in [7, 11) is 0. The quantitative estimate of drug-likeness (QED) is 0.0607. The van der Waals surface area contributed by atoms with Crippen molar-refractivity contribution in [3.05, 3.63) is 0 Å². The van der Waals surface area contributed by atoms with Gasteiger partial charge >= 0.3 is 11.9 Å². The molecule has 0 aliphatic carbocycles. The molecule has 4 aliphatic heterocycles. The molecule has 4 aliphatic rings. The van der Waals surface area contributed by atoms with Crippen LogP contribution in [-0.4, -0.2) is 266 Å². The molecule has 63 heavy (non-hydrogen) atoms. The van der Waals surface area contributed by atoms with Crippen LogP contribution in [0.25, 0.3) is 0 Å². The molecule has 0 aromatic rings. The Morgan fingerprint density at radius 1 is 0.635 bits per heavy atom. The molecule has 4 saturated heterocycles. The van der Waals surface area contributed by atoms with Gasteiger partial charge in [0.1, 0.15) is 97.5 Å². The van der Waals surface area contributed by atoms with Gasteiger partial charge in [0.15, 0.2) is 12.6 Å². The number of carbonyl (C=O) groups is 4. The van der Waals surface area contributed by atoms with Crippen molar-refractivity contribution in [2.75, 3.05) is 26.4 Å². The van der Waals surface area contributed by atoms with E-state index in [0.717, 1.165) is 13.8 Å². The molecular weight excluding hydrogens is 868 g/mol. The number of amides is 2. The standard InChI is InChI=1S/C34H56N2O27/c1-9(40)35-17-25(50)21(46)13(5-37)58-29(17)59-15(7-39)24(49)28-20(45)12(43)4-34(63-28,32(54)55)57-8-16-22(47)26(51)18(36-10(2)41)30(61-16)60-14(6-38)23(48)27-19(44)11(42)3-33(56,62-27)31(52)53/h11-30,37-39,42-51,56H,3-8H2,1-2H3,(H,35,40)(H,36,41)(H,52,53)(H,54,55)/t11-,12-,13+,14+,15+,16+,17+,18+,19+,20+,21+,22+,23+,24+,25+,26+,27+,28+,29-,30+,33-,34+/m0/s1. The van der Waals surface area contributed by atoms with Gasteiger partial charge in [0.05, 0.1) is 38.6 Å². The number of carboxylic acids is 2. The van der Waals surface area contributed by atoms with E-state index in [-0.39, 0.29) is 0 Å². The highest BCUT2D eigenvalue weighted by Crippen LogP contribution is 2.37. The number of nitrogens with one attached hydrogen (secondary N) is 2. The topological polar surface area (TPSA) is 481 Å². The van der Waals surface area contributed by atoms with E-state index in [1.165, 1.54) is 0 Å². The minimum absolute atomic E-state index is 0.774. The second kappa shape index (κ2) is 21.6. The minimum atomic E-state index is -3.14. The molecule has 0 saturated carbocycles. The Bertz CT molecular complexity index is 1570. The first-order valence-electron chi connectivity index (χ1n) is 19.3. The molecule has 2 amide bonds. The number of aliphatic hydroxyl groups is 14. The maximum absolute atomic E-state index is 12.8. The first-order valence-corrected chi connectivity index (χ1v) is 19.3. The summed E-state index contributed by atoms with van der Waals surface area (Å²) in [5, 5.41) is 172. The van der Waals surface area contributed by atoms with Crippen LogP contribution in [0.5, 0.6) is 0 Å². The van der Waals surface area contributed by atoms with Gasteiger partial charge in [0.25, 0.3) is 11.6 Å². The van der Waals surface area contributed by atoms with E-state index in [1.807, 2.05) is 0 Å². The number of rotatable bonds is 18. The maximum atomic E-state index is 12.8. The lowest BCUT2D eigenvalue weighted by molar-refractivity contribution is -0.352. The van der Waals surface area contributed by atoms with E-state index >= 15 is 0 Å². The van der Waals surface area contributed by atoms with Crippen LogP contribution in [0.3, 0.4) is 0 Å². The molecule has 0 radical (unpaired) electrons. The molecule has 0 spiro atoms. The van der Waals surface area contributed by atoms with Crippen molar-refractivity contribution in [2.24, 2.45) is 0 Å². The molecule has 0 aromatic carbocycles. The van der Waals surface area contributed by atoms with Crippen LogP contribution < -0.4 is 10.6 Å². The zero-order valence-electron chi connectivity index (χ0n) is 33.4. The van der Waals surface area contributed by atoms with Crippen LogP contribution in [0.15, 0.2) is 0 Å². The number of ether oxygens (including phenoxy) is 7. The highest BCUT2D eigenvalue weighted by molar-refractivity contribution is 5.76. The van der Waals surface area contributed by atoms with E-state index in [9.17, 15) is 101 Å². The molecule has 4 heterocycles. The molecule has 29 nitrogen and oxygen atoms in total. The van der Waals surface area contributed by atoms with Crippen molar-refractivity contribution in [2.45, 2.75) is 161 Å². The fourth-order valence-corrected chi connectivity index (χ4v) is 7.50. The Labute approximate surface area is 355 Å². The van der Waals surface area contributed by atoms with Gasteiger partial charge in [-0.15, -0.1) is 0 Å². The van der Waals surface area contributed by atoms with Crippen molar-refractivity contribution in [1.29, 1.82) is 0 Å². The largest absolute Gasteiger partial charge is 0.477 e. The van der Waals surface area contributed by atoms with Crippen LogP contribution in [0.1, 0.15) is 26.7 Å². The van der Waals surface area contributed by atoms with Gasteiger partial charge in [0, 0.05) is 26.7 Å². The molecule has 29 heteroatoms. The SMILES string of the molecule is CC(=O)N[C@H]1[C@H](O[C@H](CO)[C@@H](O)[C@@H]2O[C@@](OC[C@H]3O[C@@H](O[C@H](CO)[C@@H](O)[C@@H]4O[C@](O)(C(=O)O)C[C@H](O)[C@H]4O)[C@H](NC(C)=O)[C@@H](O)[C@@H]3O)(C(=O)O)C[C@H](O)[C@H]2O)O[C@H](CO)[C@@H](O)[C@@H]1O. The number of carboxylic acid groups (broad SMARTS) is 2. The van der Waals surface area contributed by atoms with Gasteiger partial charge in [-0.25, -0.2) is 9.59 Å². The molecule has 0 bridgehead atoms. The smallest absolute Gasteiger partial charge is 0.364 e. The van der Waals surface area contributed by atoms with Crippen molar-refractivity contribution in [3.8, 4) is 0 Å². The number of aliphatic carboxylic acids is 2. The first kappa shape index (κ1) is 52.7. The minimum Gasteiger partial charge on any atom is -0.477 e. The average Bonchev–Trinajstić information content (AvgIpc) is 3.22. The van der Waals surface area contributed by atoms with Gasteiger partial charge in [-0.2, -0.15) is 0 Å². The Morgan fingerprint density at radius 2 is 1.06 bits per heavy atom. The normalized spacial score (nSPS) is 42.9. The van der Waals surface area contributed by atoms with E-state index in [4.69, 9.17) is 33.2 Å². The zero-order valence-corrected chi connectivity index (χ0v) is 33.4. The lowest BCUT2D eigenvalue weighted by Gasteiger charge is -2.48. The average molecular weight is 925 g/mol. The molecule has 0 unspecified atom stereocenters. The van der Waals surface area contributed by atoms with Crippen molar-refractivity contribution < 1.29 is 134 Å². The van der Waals surface area contributed by atoms with E-state index in [2.05, 4.69) is 10.6 Å². The van der Waals surface area contributed by atoms with Gasteiger partial charge < -0.3 is 125 Å². The molecule has 4 fully saturated rings. The number of hydrogen-bond donors (Lipinski definition) is 18. The Kier molecular flexibility index (Phi) is 18.0. The third kappa shape index (κ3) is 11.5. The van der Waals surface area contributed by atoms with E-state index < -0.39 is 197 Å². The summed E-state index contributed by atoms with van der Waals surface area (Å²) in [4.78, 5) is 48.4. The summed E-state index contributed by atoms with van der Waals surface area (Å²) in [5.74, 6) is -11.9. The van der Waals surface area contributed by atoms with Crippen molar-refractivity contribution in [1.82, 2.24) is 10.6 Å². The summed E-state index contributed by atoms with van der Waals surface area (Å²) in [6.07, 6.45) is -38.9. The lowest BCUT2D eigenvalue weighted by atomic mass is 9.90. The fourth-order valence-electron chi connectivity index (χ4n) is 7.50. The number of aliphatic hydroxyl groups excluding tert-OH is 13. The summed E-state index contributed by atoms with van der Waals surface area (Å²) < 4.78 is 38.3. The van der Waals surface area contributed by atoms with E-state index in [0.29, 0.717) is 0 Å². The molecule has 0 aromatic heterocycles. The Morgan fingerprint density at radius 3 is 1.48 bits per heavy atom. The van der Waals surface area contributed by atoms with Crippen LogP contribution in [0, 0.1) is 0 Å². The zero-order chi connectivity index (χ0) is 47.5. The van der Waals surface area contributed by atoms with E-state index in [1.54, 1.807) is 0 Å². The maximum Gasteiger partial charge on any atom is 0.364 e. The van der Waals surface area contributed by atoms with Gasteiger partial charge in [-0.3, -0.25) is 9.59 Å². The van der Waals surface area contributed by atoms with Crippen LogP contribution in [-0.2, 0) is 52.3 Å². The van der Waals surface area contributed by atoms with Crippen LogP contribution >= 0.6 is 0 Å². The van der Waals surface area contributed by atoms with Crippen LogP contribution in [0.2, 0.25) is 0 Å². The molecule has 364 valence electrons. The van der Waals surface area contributed by atoms with Gasteiger partial charge in [-0.05, 0) is 0 Å². The van der Waals surface area contributed by atoms with Gasteiger partial charge in [-0.1, -0.05) is 0 Å². The monoisotopic (exact) mass is 924 g/mol. The van der Waals surface area contributed by atoms with Crippen LogP contribution in [0.4, 0.5) is 0 Å². The van der Waals surface area contributed by atoms with Crippen molar-refractivity contribution in [3.63, 3.8) is 0 Å². The first-order chi connectivity index (χ1) is 29.4. The predicted molar refractivity (Wildman–Crippen MR) is 191 cm³/mol. The second-order valence-corrected chi connectivity index (χ2v) is 15.5. The summed E-state index contributed by atoms with van der Waals surface area (Å²) in [5.41, 5.74) is 0. The summed E-state index contributed by atoms with van der Waals surface area (Å²) in [6.45, 7) is -2.49. The number of carbonyl (C=O) groups excluding carboxylic acids is 2. The summed E-state index contributed by atoms with van der Waals surface area (Å²) >= 11 is 0. The summed E-state index contributed by atoms with van der Waals surface area (Å²) in [6, 6.07) is -3.38. The highest BCUT2D eigenvalue weighted by atomic mass is 16.8. The third-order valence-electron chi connectivity index (χ3n) is 11.0. The fraction of sp³-hybridized carbons (Fsp3) is 0.882. The highest BCUT2D eigenvalue weighted by Gasteiger charge is 2.58. The Balaban J connectivity index is 1.57. The predicted octanol–water partition coefficient (Wildman–Crippen LogP) is -11.0. The number of hydrogen-bond acceptors (Lipinski definition) is 25. The third-order valence-corrected chi connectivity index (χ3v) is 11.0. The molecular formula is C34H56N2O27. The van der Waals surface area contributed by atoms with Gasteiger partial charge in [0.2, 0.25) is 11.8 Å². The molecule has 4 rings (SSSR count). The van der Waals surface area contributed by atoms with Crippen molar-refractivity contribution >= 4 is 23.8 Å². The molecule has 22 atom stereocenters. The molecule has 18 N–H and O–H groups in total.